The standard InChI is InChI=1S/C20H26N4O3/c1-5-15-9-7-8-13(3)19(15)24-11-16(10-18(24)25)20(26)23(6-2)12-17-21-14(4)27-22-17/h7-9,16H,5-6,10-12H2,1-4H3/t16-/m0/s1. The summed E-state index contributed by atoms with van der Waals surface area (Å²) in [4.78, 5) is 33.3. The molecule has 1 atom stereocenters. The van der Waals surface area contributed by atoms with E-state index in [2.05, 4.69) is 17.1 Å². The molecule has 1 aromatic heterocycles. The Morgan fingerprint density at radius 3 is 2.74 bits per heavy atom. The summed E-state index contributed by atoms with van der Waals surface area (Å²) in [5.74, 6) is 0.569. The molecular weight excluding hydrogens is 344 g/mol. The number of nitrogens with zero attached hydrogens (tertiary/aromatic N) is 4. The molecule has 2 heterocycles. The Labute approximate surface area is 159 Å². The third-order valence-electron chi connectivity index (χ3n) is 5.04. The molecule has 1 aromatic carbocycles. The molecule has 7 heteroatoms. The normalized spacial score (nSPS) is 16.8. The van der Waals surface area contributed by atoms with Crippen molar-refractivity contribution in [3.63, 3.8) is 0 Å². The molecule has 144 valence electrons. The molecule has 1 saturated heterocycles. The van der Waals surface area contributed by atoms with Crippen LogP contribution in [0.15, 0.2) is 22.7 Å². The van der Waals surface area contributed by atoms with Gasteiger partial charge in [-0.25, -0.2) is 0 Å². The highest BCUT2D eigenvalue weighted by atomic mass is 16.5. The second-order valence-electron chi connectivity index (χ2n) is 6.92. The van der Waals surface area contributed by atoms with Gasteiger partial charge in [0.25, 0.3) is 0 Å². The minimum absolute atomic E-state index is 0.00353. The first-order valence-corrected chi connectivity index (χ1v) is 9.41. The third-order valence-corrected chi connectivity index (χ3v) is 5.04. The topological polar surface area (TPSA) is 79.5 Å². The molecule has 1 aliphatic heterocycles. The number of hydrogen-bond acceptors (Lipinski definition) is 5. The zero-order valence-electron chi connectivity index (χ0n) is 16.4. The van der Waals surface area contributed by atoms with E-state index in [1.165, 1.54) is 0 Å². The maximum Gasteiger partial charge on any atom is 0.228 e. The predicted octanol–water partition coefficient (Wildman–Crippen LogP) is 2.65. The lowest BCUT2D eigenvalue weighted by molar-refractivity contribution is -0.136. The van der Waals surface area contributed by atoms with Crippen molar-refractivity contribution in [1.82, 2.24) is 15.0 Å². The first kappa shape index (κ1) is 19.1. The molecule has 3 rings (SSSR count). The van der Waals surface area contributed by atoms with Gasteiger partial charge in [-0.15, -0.1) is 0 Å². The zero-order valence-corrected chi connectivity index (χ0v) is 16.4. The predicted molar refractivity (Wildman–Crippen MR) is 101 cm³/mol. The van der Waals surface area contributed by atoms with Crippen LogP contribution in [0, 0.1) is 19.8 Å². The number of aryl methyl sites for hydroxylation is 3. The molecule has 0 unspecified atom stereocenters. The monoisotopic (exact) mass is 370 g/mol. The molecule has 0 spiro atoms. The van der Waals surface area contributed by atoms with E-state index in [0.29, 0.717) is 31.3 Å². The van der Waals surface area contributed by atoms with E-state index < -0.39 is 0 Å². The van der Waals surface area contributed by atoms with Crippen LogP contribution < -0.4 is 4.90 Å². The van der Waals surface area contributed by atoms with Gasteiger partial charge in [0.05, 0.1) is 12.5 Å². The van der Waals surface area contributed by atoms with E-state index in [4.69, 9.17) is 4.52 Å². The molecule has 1 fully saturated rings. The smallest absolute Gasteiger partial charge is 0.228 e. The lowest BCUT2D eigenvalue weighted by atomic mass is 10.0. The van der Waals surface area contributed by atoms with Gasteiger partial charge in [-0.2, -0.15) is 4.98 Å². The summed E-state index contributed by atoms with van der Waals surface area (Å²) in [5.41, 5.74) is 3.15. The molecule has 0 saturated carbocycles. The molecule has 2 aromatic rings. The van der Waals surface area contributed by atoms with Crippen LogP contribution >= 0.6 is 0 Å². The first-order valence-electron chi connectivity index (χ1n) is 9.41. The zero-order chi connectivity index (χ0) is 19.6. The molecule has 0 bridgehead atoms. The minimum atomic E-state index is -0.352. The molecule has 2 amide bonds. The molecule has 0 radical (unpaired) electrons. The van der Waals surface area contributed by atoms with Crippen LogP contribution in [0.4, 0.5) is 5.69 Å². The minimum Gasteiger partial charge on any atom is -0.340 e. The van der Waals surface area contributed by atoms with Crippen LogP contribution in [-0.2, 0) is 22.6 Å². The average Bonchev–Trinajstić information content (AvgIpc) is 3.24. The quantitative estimate of drug-likeness (QED) is 0.781. The summed E-state index contributed by atoms with van der Waals surface area (Å²) in [6.45, 7) is 8.95. The lowest BCUT2D eigenvalue weighted by Crippen LogP contribution is -2.37. The van der Waals surface area contributed by atoms with Crippen molar-refractivity contribution in [2.24, 2.45) is 5.92 Å². The lowest BCUT2D eigenvalue weighted by Gasteiger charge is -2.24. The van der Waals surface area contributed by atoms with Crippen molar-refractivity contribution in [1.29, 1.82) is 0 Å². The number of benzene rings is 1. The summed E-state index contributed by atoms with van der Waals surface area (Å²) in [6, 6.07) is 6.06. The number of hydrogen-bond donors (Lipinski definition) is 0. The van der Waals surface area contributed by atoms with Crippen molar-refractivity contribution in [2.45, 2.75) is 47.1 Å². The number of rotatable bonds is 6. The summed E-state index contributed by atoms with van der Waals surface area (Å²) >= 11 is 0. The van der Waals surface area contributed by atoms with Gasteiger partial charge >= 0.3 is 0 Å². The number of carbonyl (C=O) groups excluding carboxylic acids is 2. The number of carbonyl (C=O) groups is 2. The van der Waals surface area contributed by atoms with Crippen LogP contribution in [0.2, 0.25) is 0 Å². The largest absolute Gasteiger partial charge is 0.340 e. The maximum atomic E-state index is 13.0. The molecule has 27 heavy (non-hydrogen) atoms. The number of anilines is 1. The van der Waals surface area contributed by atoms with Crippen molar-refractivity contribution in [3.05, 3.63) is 41.0 Å². The van der Waals surface area contributed by atoms with Crippen LogP contribution in [0.25, 0.3) is 0 Å². The molecular formula is C20H26N4O3. The van der Waals surface area contributed by atoms with Crippen molar-refractivity contribution in [2.75, 3.05) is 18.0 Å². The van der Waals surface area contributed by atoms with Crippen molar-refractivity contribution in [3.8, 4) is 0 Å². The summed E-state index contributed by atoms with van der Waals surface area (Å²) < 4.78 is 4.98. The van der Waals surface area contributed by atoms with Gasteiger partial charge in [0.1, 0.15) is 0 Å². The highest BCUT2D eigenvalue weighted by molar-refractivity contribution is 6.01. The Bertz CT molecular complexity index is 846. The Morgan fingerprint density at radius 1 is 1.33 bits per heavy atom. The first-order chi connectivity index (χ1) is 12.9. The van der Waals surface area contributed by atoms with Gasteiger partial charge in [-0.1, -0.05) is 30.3 Å². The van der Waals surface area contributed by atoms with Gasteiger partial charge < -0.3 is 14.3 Å². The summed E-state index contributed by atoms with van der Waals surface area (Å²) in [6.07, 6.45) is 1.08. The fourth-order valence-electron chi connectivity index (χ4n) is 3.66. The van der Waals surface area contributed by atoms with Gasteiger partial charge in [-0.3, -0.25) is 9.59 Å². The van der Waals surface area contributed by atoms with E-state index >= 15 is 0 Å². The van der Waals surface area contributed by atoms with Crippen molar-refractivity contribution < 1.29 is 14.1 Å². The Hall–Kier alpha value is -2.70. The van der Waals surface area contributed by atoms with E-state index in [9.17, 15) is 9.59 Å². The third kappa shape index (κ3) is 3.86. The second-order valence-corrected chi connectivity index (χ2v) is 6.92. The highest BCUT2D eigenvalue weighted by Gasteiger charge is 2.38. The fourth-order valence-corrected chi connectivity index (χ4v) is 3.66. The number of para-hydroxylation sites is 1. The Balaban J connectivity index is 1.77. The van der Waals surface area contributed by atoms with E-state index in [1.807, 2.05) is 32.0 Å². The van der Waals surface area contributed by atoms with Crippen LogP contribution in [-0.4, -0.2) is 39.9 Å². The van der Waals surface area contributed by atoms with Crippen LogP contribution in [0.3, 0.4) is 0 Å². The molecule has 7 nitrogen and oxygen atoms in total. The Morgan fingerprint density at radius 2 is 2.11 bits per heavy atom. The van der Waals surface area contributed by atoms with E-state index in [-0.39, 0.29) is 24.2 Å². The van der Waals surface area contributed by atoms with Crippen LogP contribution in [0.5, 0.6) is 0 Å². The van der Waals surface area contributed by atoms with Crippen LogP contribution in [0.1, 0.15) is 43.1 Å². The van der Waals surface area contributed by atoms with Crippen molar-refractivity contribution >= 4 is 17.5 Å². The van der Waals surface area contributed by atoms with Gasteiger partial charge in [-0.05, 0) is 31.4 Å². The maximum absolute atomic E-state index is 13.0. The van der Waals surface area contributed by atoms with Gasteiger partial charge in [0, 0.05) is 32.1 Å². The fraction of sp³-hybridized carbons (Fsp3) is 0.500. The summed E-state index contributed by atoms with van der Waals surface area (Å²) in [7, 11) is 0. The molecule has 0 aliphatic carbocycles. The van der Waals surface area contributed by atoms with E-state index in [0.717, 1.165) is 23.2 Å². The summed E-state index contributed by atoms with van der Waals surface area (Å²) in [5, 5.41) is 3.87. The van der Waals surface area contributed by atoms with Gasteiger partial charge in [0.2, 0.25) is 17.7 Å². The highest BCUT2D eigenvalue weighted by Crippen LogP contribution is 2.32. The second kappa shape index (κ2) is 7.90. The van der Waals surface area contributed by atoms with E-state index in [1.54, 1.807) is 16.7 Å². The molecule has 1 aliphatic rings. The average molecular weight is 370 g/mol. The Kier molecular flexibility index (Phi) is 5.58. The molecule has 0 N–H and O–H groups in total. The number of aromatic nitrogens is 2. The SMILES string of the molecule is CCc1cccc(C)c1N1C[C@@H](C(=O)N(CC)Cc2noc(C)n2)CC1=O. The number of amides is 2. The van der Waals surface area contributed by atoms with Gasteiger partial charge in [0.15, 0.2) is 5.82 Å².